The summed E-state index contributed by atoms with van der Waals surface area (Å²) in [7, 11) is 0. The third-order valence-corrected chi connectivity index (χ3v) is 9.55. The second kappa shape index (κ2) is 17.5. The Labute approximate surface area is 346 Å². The van der Waals surface area contributed by atoms with Crippen molar-refractivity contribution in [2.75, 3.05) is 0 Å². The van der Waals surface area contributed by atoms with Crippen LogP contribution in [0.2, 0.25) is 0 Å². The van der Waals surface area contributed by atoms with E-state index >= 15 is 35.1 Å². The number of aromatic nitrogens is 2. The Balaban J connectivity index is 0.000000355. The minimum atomic E-state index is -7.22. The maximum absolute atomic E-state index is 15.4. The van der Waals surface area contributed by atoms with E-state index in [0.29, 0.717) is 5.69 Å². The average molecular weight is 968 g/mol. The standard InChI is InChI=1S/C24BF20.C12H10Cl3N2/c26-5-1(6(27)14(35)21(42)13(5)34)25(2-7(28)15(36)22(43)16(37)8(2)29,3-9(30)17(38)23(44)18(39)10(3)31)4-11(32)19(40)24(45)20(41)12(4)33;13-12(14,15)11-9-17(7-6-16-11)8-10-4-2-1-3-5-10/h;1-7,9H,8H2/q-1;+1. The number of alkyl halides is 3. The van der Waals surface area contributed by atoms with Gasteiger partial charge in [0.25, 0.3) is 0 Å². The summed E-state index contributed by atoms with van der Waals surface area (Å²) in [6, 6.07) is 10.1. The van der Waals surface area contributed by atoms with E-state index in [4.69, 9.17) is 34.8 Å². The summed E-state index contributed by atoms with van der Waals surface area (Å²) >= 11 is 17.4. The highest BCUT2D eigenvalue weighted by molar-refractivity contribution is 7.20. The molecule has 0 radical (unpaired) electrons. The molecule has 62 heavy (non-hydrogen) atoms. The number of rotatable bonds is 6. The molecule has 5 aromatic carbocycles. The lowest BCUT2D eigenvalue weighted by atomic mass is 9.12. The molecule has 0 saturated carbocycles. The van der Waals surface area contributed by atoms with Crippen molar-refractivity contribution in [1.82, 2.24) is 4.98 Å². The fourth-order valence-corrected chi connectivity index (χ4v) is 6.64. The SMILES string of the molecule is ClC(Cl)(Cl)c1c[n+](Cc2ccccc2)ccn1.Fc1c(F)c(F)c([B-](c2c(F)c(F)c(F)c(F)c2F)(c2c(F)c(F)c(F)c(F)c2F)c2c(F)c(F)c(F)c(F)c2F)c(F)c1F. The Morgan fingerprint density at radius 1 is 0.403 bits per heavy atom. The predicted molar refractivity (Wildman–Crippen MR) is 178 cm³/mol. The molecule has 2 nitrogen and oxygen atoms in total. The Bertz CT molecular complexity index is 2390. The molecule has 0 amide bonds. The van der Waals surface area contributed by atoms with Crippen LogP contribution in [0.1, 0.15) is 11.3 Å². The molecule has 0 fully saturated rings. The smallest absolute Gasteiger partial charge is 0.238 e. The van der Waals surface area contributed by atoms with Gasteiger partial charge in [-0.05, 0) is 0 Å². The number of hydrogen-bond acceptors (Lipinski definition) is 1. The zero-order valence-corrected chi connectivity index (χ0v) is 31.3. The van der Waals surface area contributed by atoms with Crippen LogP contribution in [-0.4, -0.2) is 11.1 Å². The van der Waals surface area contributed by atoms with Gasteiger partial charge in [0.2, 0.25) is 3.79 Å². The number of benzene rings is 5. The van der Waals surface area contributed by atoms with E-state index < -0.39 is 148 Å². The Morgan fingerprint density at radius 2 is 0.661 bits per heavy atom. The van der Waals surface area contributed by atoms with E-state index in [1.54, 1.807) is 12.4 Å². The minimum absolute atomic E-state index is 0.418. The summed E-state index contributed by atoms with van der Waals surface area (Å²) in [6.07, 6.45) is -2.02. The quantitative estimate of drug-likeness (QED) is 0.0407. The topological polar surface area (TPSA) is 16.8 Å². The first-order chi connectivity index (χ1) is 28.8. The molecule has 0 aliphatic carbocycles. The molecule has 1 heterocycles. The second-order valence-corrected chi connectivity index (χ2v) is 14.7. The monoisotopic (exact) mass is 966 g/mol. The molecular weight excluding hydrogens is 958 g/mol. The van der Waals surface area contributed by atoms with Gasteiger partial charge >= 0.3 is 0 Å². The summed E-state index contributed by atoms with van der Waals surface area (Å²) in [5.41, 5.74) is -12.7. The van der Waals surface area contributed by atoms with Crippen molar-refractivity contribution >= 4 is 62.8 Å². The van der Waals surface area contributed by atoms with Gasteiger partial charge in [-0.2, -0.15) is 4.57 Å². The fraction of sp³-hybridized carbons (Fsp3) is 0.0556. The van der Waals surface area contributed by atoms with Gasteiger partial charge < -0.3 is 0 Å². The lowest BCUT2D eigenvalue weighted by Crippen LogP contribution is -2.81. The fourth-order valence-electron chi connectivity index (χ4n) is 6.35. The van der Waals surface area contributed by atoms with Crippen LogP contribution in [0, 0.1) is 116 Å². The molecule has 26 heteroatoms. The van der Waals surface area contributed by atoms with Crippen LogP contribution in [0.5, 0.6) is 0 Å². The predicted octanol–water partition coefficient (Wildman–Crippen LogP) is 9.09. The van der Waals surface area contributed by atoms with Crippen molar-refractivity contribution in [3.63, 3.8) is 0 Å². The zero-order valence-electron chi connectivity index (χ0n) is 29.0. The first kappa shape index (κ1) is 47.8. The molecule has 0 aliphatic heterocycles. The van der Waals surface area contributed by atoms with Crippen LogP contribution >= 0.6 is 34.8 Å². The molecule has 0 bridgehead atoms. The third-order valence-electron chi connectivity index (χ3n) is 8.97. The highest BCUT2D eigenvalue weighted by atomic mass is 35.6. The highest BCUT2D eigenvalue weighted by Crippen LogP contribution is 2.36. The highest BCUT2D eigenvalue weighted by Gasteiger charge is 2.52. The molecule has 328 valence electrons. The Hall–Kier alpha value is -5.29. The van der Waals surface area contributed by atoms with Crippen LogP contribution in [0.25, 0.3) is 0 Å². The normalized spacial score (nSPS) is 11.9. The Morgan fingerprint density at radius 3 is 0.919 bits per heavy atom. The molecule has 0 N–H and O–H groups in total. The number of nitrogens with zero attached hydrogens (tertiary/aromatic N) is 2. The lowest BCUT2D eigenvalue weighted by molar-refractivity contribution is -0.689. The molecule has 0 atom stereocenters. The van der Waals surface area contributed by atoms with E-state index in [-0.39, 0.29) is 0 Å². The number of hydrogen-bond donors (Lipinski definition) is 0. The third kappa shape index (κ3) is 7.75. The van der Waals surface area contributed by atoms with Crippen LogP contribution in [-0.2, 0) is 10.3 Å². The molecule has 1 aromatic heterocycles. The molecule has 6 rings (SSSR count). The summed E-state index contributed by atoms with van der Waals surface area (Å²) in [5, 5.41) is 0. The van der Waals surface area contributed by atoms with Crippen molar-refractivity contribution in [2.24, 2.45) is 0 Å². The van der Waals surface area contributed by atoms with Gasteiger partial charge in [0.05, 0.1) is 6.20 Å². The largest absolute Gasteiger partial charge is 0.244 e. The summed E-state index contributed by atoms with van der Waals surface area (Å²) < 4.78 is 294. The first-order valence-corrected chi connectivity index (χ1v) is 17.1. The van der Waals surface area contributed by atoms with Crippen molar-refractivity contribution in [1.29, 1.82) is 0 Å². The molecule has 0 aliphatic rings. The van der Waals surface area contributed by atoms with Crippen molar-refractivity contribution in [3.05, 3.63) is 177 Å². The maximum Gasteiger partial charge on any atom is 0.238 e. The second-order valence-electron chi connectivity index (χ2n) is 12.4. The minimum Gasteiger partial charge on any atom is -0.244 e. The molecule has 0 spiro atoms. The van der Waals surface area contributed by atoms with Crippen LogP contribution in [0.3, 0.4) is 0 Å². The molecule has 0 unspecified atom stereocenters. The Kier molecular flexibility index (Phi) is 13.5. The summed E-state index contributed by atoms with van der Waals surface area (Å²) in [5.74, 6) is -71.4. The summed E-state index contributed by atoms with van der Waals surface area (Å²) in [4.78, 5) is 4.04. The lowest BCUT2D eigenvalue weighted by Gasteiger charge is -2.44. The van der Waals surface area contributed by atoms with Crippen molar-refractivity contribution in [3.8, 4) is 0 Å². The molecular formula is C36H10BCl3F20N2. The van der Waals surface area contributed by atoms with E-state index in [1.165, 1.54) is 5.56 Å². The first-order valence-electron chi connectivity index (χ1n) is 16.0. The van der Waals surface area contributed by atoms with E-state index in [9.17, 15) is 52.7 Å². The molecule has 0 saturated heterocycles. The zero-order chi connectivity index (χ0) is 46.7. The number of halogens is 23. The van der Waals surface area contributed by atoms with Crippen LogP contribution in [0.4, 0.5) is 87.8 Å². The van der Waals surface area contributed by atoms with E-state index in [1.807, 2.05) is 41.1 Å². The van der Waals surface area contributed by atoms with E-state index in [0.717, 1.165) is 6.54 Å². The van der Waals surface area contributed by atoms with Gasteiger partial charge in [-0.3, -0.25) is 0 Å². The van der Waals surface area contributed by atoms with Crippen LogP contribution < -0.4 is 26.4 Å². The molecule has 6 aromatic rings. The summed E-state index contributed by atoms with van der Waals surface area (Å²) in [6.45, 7) is 0.719. The van der Waals surface area contributed by atoms with Gasteiger partial charge in [0, 0.05) is 5.56 Å². The van der Waals surface area contributed by atoms with Gasteiger partial charge in [-0.1, -0.05) is 65.1 Å². The van der Waals surface area contributed by atoms with Gasteiger partial charge in [-0.15, -0.1) is 21.9 Å². The van der Waals surface area contributed by atoms with Crippen molar-refractivity contribution in [2.45, 2.75) is 10.3 Å². The van der Waals surface area contributed by atoms with Gasteiger partial charge in [0.1, 0.15) is 52.7 Å². The van der Waals surface area contributed by atoms with Crippen molar-refractivity contribution < 1.29 is 92.4 Å². The van der Waals surface area contributed by atoms with Gasteiger partial charge in [0.15, 0.2) is 94.4 Å². The van der Waals surface area contributed by atoms with E-state index in [2.05, 4.69) is 4.98 Å². The maximum atomic E-state index is 15.4. The average Bonchev–Trinajstić information content (AvgIpc) is 3.24. The van der Waals surface area contributed by atoms with Crippen LogP contribution in [0.15, 0.2) is 48.9 Å². The van der Waals surface area contributed by atoms with Gasteiger partial charge in [-0.25, -0.2) is 92.8 Å².